The van der Waals surface area contributed by atoms with Crippen molar-refractivity contribution in [3.63, 3.8) is 0 Å². The van der Waals surface area contributed by atoms with Gasteiger partial charge in [0, 0.05) is 35.2 Å². The van der Waals surface area contributed by atoms with Crippen LogP contribution in [0.5, 0.6) is 0 Å². The largest absolute Gasteiger partial charge is 0.385 e. The molecule has 0 amide bonds. The van der Waals surface area contributed by atoms with Crippen LogP contribution in [-0.2, 0) is 0 Å². The molecule has 3 heteroatoms. The van der Waals surface area contributed by atoms with Crippen molar-refractivity contribution in [1.82, 2.24) is 4.98 Å². The van der Waals surface area contributed by atoms with Crippen LogP contribution in [0.4, 0.5) is 11.4 Å². The Morgan fingerprint density at radius 1 is 0.531 bits per heavy atom. The summed E-state index contributed by atoms with van der Waals surface area (Å²) in [6, 6.07) is 15.4. The molecule has 3 nitrogen and oxygen atoms in total. The lowest BCUT2D eigenvalue weighted by molar-refractivity contribution is 0.617. The predicted molar refractivity (Wildman–Crippen MR) is 143 cm³/mol. The fourth-order valence-electron chi connectivity index (χ4n) is 4.32. The third-order valence-corrected chi connectivity index (χ3v) is 6.33. The molecule has 0 atom stereocenters. The summed E-state index contributed by atoms with van der Waals surface area (Å²) in [6.45, 7) is 6.62. The number of anilines is 2. The average molecular weight is 434 g/mol. The van der Waals surface area contributed by atoms with Gasteiger partial charge in [-0.2, -0.15) is 0 Å². The molecule has 0 spiro atoms. The van der Waals surface area contributed by atoms with Gasteiger partial charge >= 0.3 is 0 Å². The molecule has 0 aliphatic carbocycles. The highest BCUT2D eigenvalue weighted by atomic mass is 14.9. The Balaban J connectivity index is 1.52. The number of hydrogen-bond donors (Lipinski definition) is 2. The van der Waals surface area contributed by atoms with Crippen LogP contribution >= 0.6 is 0 Å². The highest BCUT2D eigenvalue weighted by Gasteiger charge is 2.03. The van der Waals surface area contributed by atoms with Crippen molar-refractivity contribution in [2.75, 3.05) is 23.7 Å². The molecule has 0 unspecified atom stereocenters. The number of nitrogens with zero attached hydrogens (tertiary/aromatic N) is 1. The smallest absolute Gasteiger partial charge is 0.0730 e. The molecule has 32 heavy (non-hydrogen) atoms. The maximum atomic E-state index is 4.98. The molecule has 0 radical (unpaired) electrons. The molecule has 2 N–H and O–H groups in total. The van der Waals surface area contributed by atoms with Gasteiger partial charge in [-0.1, -0.05) is 90.2 Å². The minimum Gasteiger partial charge on any atom is -0.385 e. The van der Waals surface area contributed by atoms with Crippen molar-refractivity contribution in [2.24, 2.45) is 0 Å². The first kappa shape index (κ1) is 24.4. The molecule has 1 aromatic heterocycles. The van der Waals surface area contributed by atoms with E-state index in [1.165, 1.54) is 99.2 Å². The van der Waals surface area contributed by atoms with Crippen LogP contribution < -0.4 is 10.6 Å². The zero-order valence-electron chi connectivity index (χ0n) is 20.4. The number of rotatable bonds is 16. The van der Waals surface area contributed by atoms with E-state index in [-0.39, 0.29) is 0 Å². The monoisotopic (exact) mass is 433 g/mol. The summed E-state index contributed by atoms with van der Waals surface area (Å²) in [5, 5.41) is 9.58. The second-order valence-electron chi connectivity index (χ2n) is 9.19. The van der Waals surface area contributed by atoms with Gasteiger partial charge in [-0.15, -0.1) is 0 Å². The third kappa shape index (κ3) is 8.00. The summed E-state index contributed by atoms with van der Waals surface area (Å²) in [5.74, 6) is 0. The number of hydrogen-bond acceptors (Lipinski definition) is 3. The Labute approximate surface area is 195 Å². The van der Waals surface area contributed by atoms with Crippen molar-refractivity contribution in [2.45, 2.75) is 90.9 Å². The summed E-state index contributed by atoms with van der Waals surface area (Å²) >= 11 is 0. The standard InChI is InChI=1S/C29H43N3/c1-3-5-7-9-11-13-19-30-26-17-15-24-21-25-16-18-27(23-29(25)32-28(24)22-26)31-20-14-12-10-8-6-4-2/h15-18,21-23,30-31H,3-14,19-20H2,1-2H3. The highest BCUT2D eigenvalue weighted by molar-refractivity contribution is 5.95. The van der Waals surface area contributed by atoms with E-state index in [9.17, 15) is 0 Å². The Hall–Kier alpha value is -2.29. The van der Waals surface area contributed by atoms with Gasteiger partial charge in [0.25, 0.3) is 0 Å². The molecule has 0 aliphatic rings. The van der Waals surface area contributed by atoms with Gasteiger partial charge in [0.1, 0.15) is 0 Å². The Morgan fingerprint density at radius 3 is 1.44 bits per heavy atom. The van der Waals surface area contributed by atoms with Crippen molar-refractivity contribution < 1.29 is 0 Å². The van der Waals surface area contributed by atoms with E-state index in [4.69, 9.17) is 4.98 Å². The SMILES string of the molecule is CCCCCCCCNc1ccc2cc3ccc(NCCCCCCCC)cc3nc2c1. The van der Waals surface area contributed by atoms with E-state index in [1.807, 2.05) is 0 Å². The van der Waals surface area contributed by atoms with Crippen LogP contribution in [0.2, 0.25) is 0 Å². The molecular formula is C29H43N3. The minimum absolute atomic E-state index is 1.04. The van der Waals surface area contributed by atoms with Crippen LogP contribution in [-0.4, -0.2) is 18.1 Å². The highest BCUT2D eigenvalue weighted by Crippen LogP contribution is 2.25. The molecule has 0 saturated carbocycles. The van der Waals surface area contributed by atoms with Gasteiger partial charge in [0.15, 0.2) is 0 Å². The lowest BCUT2D eigenvalue weighted by Gasteiger charge is -2.10. The summed E-state index contributed by atoms with van der Waals surface area (Å²) < 4.78 is 0. The van der Waals surface area contributed by atoms with Crippen LogP contribution in [0.15, 0.2) is 42.5 Å². The maximum Gasteiger partial charge on any atom is 0.0730 e. The number of fused-ring (bicyclic) bond motifs is 2. The average Bonchev–Trinajstić information content (AvgIpc) is 2.81. The number of nitrogens with one attached hydrogen (secondary N) is 2. The summed E-state index contributed by atoms with van der Waals surface area (Å²) in [7, 11) is 0. The van der Waals surface area contributed by atoms with Crippen LogP contribution in [0.3, 0.4) is 0 Å². The van der Waals surface area contributed by atoms with Gasteiger partial charge in [0.05, 0.1) is 11.0 Å². The number of unbranched alkanes of at least 4 members (excludes halogenated alkanes) is 10. The quantitative estimate of drug-likeness (QED) is 0.175. The number of pyridine rings is 1. The third-order valence-electron chi connectivity index (χ3n) is 6.33. The van der Waals surface area contributed by atoms with Crippen molar-refractivity contribution in [3.8, 4) is 0 Å². The topological polar surface area (TPSA) is 37.0 Å². The van der Waals surface area contributed by atoms with Crippen LogP contribution in [0.25, 0.3) is 21.8 Å². The number of aromatic nitrogens is 1. The molecule has 3 rings (SSSR count). The number of benzene rings is 2. The molecule has 0 bridgehead atoms. The lowest BCUT2D eigenvalue weighted by Crippen LogP contribution is -2.02. The molecule has 3 aromatic rings. The summed E-state index contributed by atoms with van der Waals surface area (Å²) in [4.78, 5) is 4.98. The van der Waals surface area contributed by atoms with Gasteiger partial charge in [0.2, 0.25) is 0 Å². The Bertz CT molecular complexity index is 861. The first-order valence-electron chi connectivity index (χ1n) is 13.1. The molecule has 2 aromatic carbocycles. The molecule has 0 aliphatic heterocycles. The zero-order valence-corrected chi connectivity index (χ0v) is 20.4. The summed E-state index contributed by atoms with van der Waals surface area (Å²) in [6.07, 6.45) is 15.9. The van der Waals surface area contributed by atoms with Crippen LogP contribution in [0.1, 0.15) is 90.9 Å². The first-order chi connectivity index (χ1) is 15.8. The predicted octanol–water partition coefficient (Wildman–Crippen LogP) is 8.93. The minimum atomic E-state index is 1.04. The van der Waals surface area contributed by atoms with Crippen molar-refractivity contribution in [3.05, 3.63) is 42.5 Å². The zero-order chi connectivity index (χ0) is 22.4. The van der Waals surface area contributed by atoms with E-state index in [2.05, 4.69) is 66.9 Å². The molecular weight excluding hydrogens is 390 g/mol. The second kappa shape index (κ2) is 14.0. The molecule has 1 heterocycles. The molecule has 174 valence electrons. The van der Waals surface area contributed by atoms with E-state index >= 15 is 0 Å². The molecule has 0 saturated heterocycles. The summed E-state index contributed by atoms with van der Waals surface area (Å²) in [5.41, 5.74) is 4.49. The van der Waals surface area contributed by atoms with Gasteiger partial charge in [-0.25, -0.2) is 4.98 Å². The van der Waals surface area contributed by atoms with Crippen LogP contribution in [0, 0.1) is 0 Å². The maximum absolute atomic E-state index is 4.98. The molecule has 0 fully saturated rings. The lowest BCUT2D eigenvalue weighted by atomic mass is 10.1. The normalized spacial score (nSPS) is 11.3. The first-order valence-corrected chi connectivity index (χ1v) is 13.1. The van der Waals surface area contributed by atoms with E-state index in [0.29, 0.717) is 0 Å². The second-order valence-corrected chi connectivity index (χ2v) is 9.19. The van der Waals surface area contributed by atoms with Gasteiger partial charge in [-0.3, -0.25) is 0 Å². The van der Waals surface area contributed by atoms with Gasteiger partial charge in [-0.05, 0) is 43.2 Å². The van der Waals surface area contributed by atoms with Crippen molar-refractivity contribution >= 4 is 33.2 Å². The Morgan fingerprint density at radius 2 is 0.969 bits per heavy atom. The fourth-order valence-corrected chi connectivity index (χ4v) is 4.32. The fraction of sp³-hybridized carbons (Fsp3) is 0.552. The van der Waals surface area contributed by atoms with Gasteiger partial charge < -0.3 is 10.6 Å². The Kier molecular flexibility index (Phi) is 10.6. The van der Waals surface area contributed by atoms with E-state index in [0.717, 1.165) is 24.1 Å². The van der Waals surface area contributed by atoms with E-state index in [1.54, 1.807) is 0 Å². The van der Waals surface area contributed by atoms with Crippen molar-refractivity contribution in [1.29, 1.82) is 0 Å². The van der Waals surface area contributed by atoms with E-state index < -0.39 is 0 Å².